The molecular formula is C11H20N4O2. The number of hydrogen-bond acceptors (Lipinski definition) is 4. The number of urea groups is 1. The minimum absolute atomic E-state index is 0.0546. The van der Waals surface area contributed by atoms with Crippen LogP contribution in [0.1, 0.15) is 25.7 Å². The Hall–Kier alpha value is -1.14. The van der Waals surface area contributed by atoms with Crippen molar-refractivity contribution in [3.8, 4) is 0 Å². The smallest absolute Gasteiger partial charge is 0.325 e. The number of hydrogen-bond donors (Lipinski definition) is 3. The lowest BCUT2D eigenvalue weighted by Crippen LogP contribution is -2.53. The van der Waals surface area contributed by atoms with Crippen LogP contribution in [0.25, 0.3) is 0 Å². The Kier molecular flexibility index (Phi) is 3.63. The summed E-state index contributed by atoms with van der Waals surface area (Å²) in [5.74, 6) is -0.0546. The van der Waals surface area contributed by atoms with Gasteiger partial charge in [0.25, 0.3) is 5.91 Å². The van der Waals surface area contributed by atoms with Crippen LogP contribution in [-0.2, 0) is 4.79 Å². The summed E-state index contributed by atoms with van der Waals surface area (Å²) in [6.07, 6.45) is 2.99. The number of carbonyl (C=O) groups is 2. The third kappa shape index (κ3) is 2.28. The molecule has 0 saturated carbocycles. The second-order valence-corrected chi connectivity index (χ2v) is 4.71. The quantitative estimate of drug-likeness (QED) is 0.452. The van der Waals surface area contributed by atoms with Crippen molar-refractivity contribution in [1.82, 2.24) is 15.5 Å². The van der Waals surface area contributed by atoms with E-state index in [1.54, 1.807) is 0 Å². The van der Waals surface area contributed by atoms with Gasteiger partial charge in [-0.15, -0.1) is 0 Å². The van der Waals surface area contributed by atoms with Crippen molar-refractivity contribution < 1.29 is 9.59 Å². The van der Waals surface area contributed by atoms with Crippen LogP contribution in [0.2, 0.25) is 0 Å². The molecule has 0 radical (unpaired) electrons. The predicted molar refractivity (Wildman–Crippen MR) is 63.4 cm³/mol. The Morgan fingerprint density at radius 2 is 1.94 bits per heavy atom. The van der Waals surface area contributed by atoms with Gasteiger partial charge in [0.2, 0.25) is 0 Å². The highest BCUT2D eigenvalue weighted by Crippen LogP contribution is 2.26. The average molecular weight is 240 g/mol. The van der Waals surface area contributed by atoms with Gasteiger partial charge < -0.3 is 16.4 Å². The fourth-order valence-corrected chi connectivity index (χ4v) is 2.49. The molecule has 2 saturated heterocycles. The molecule has 0 aromatic heterocycles. The largest absolute Gasteiger partial charge is 0.330 e. The molecule has 3 amide bonds. The highest BCUT2D eigenvalue weighted by atomic mass is 16.2. The molecule has 96 valence electrons. The predicted octanol–water partition coefficient (Wildman–Crippen LogP) is -0.601. The maximum Gasteiger partial charge on any atom is 0.325 e. The first-order chi connectivity index (χ1) is 8.19. The summed E-state index contributed by atoms with van der Waals surface area (Å²) in [5, 5.41) is 6.06. The average Bonchev–Trinajstić information content (AvgIpc) is 2.55. The molecule has 2 fully saturated rings. The first-order valence-corrected chi connectivity index (χ1v) is 6.24. The number of nitrogens with one attached hydrogen (secondary N) is 2. The van der Waals surface area contributed by atoms with E-state index >= 15 is 0 Å². The number of piperidine rings is 1. The standard InChI is InChI=1S/C11H20N4O2/c12-5-1-2-8-15-9(16)11(14-10(15)17)3-6-13-7-4-11/h13H,1-8,12H2,(H,14,17). The molecule has 0 atom stereocenters. The molecule has 0 aromatic rings. The number of carbonyl (C=O) groups excluding carboxylic acids is 2. The summed E-state index contributed by atoms with van der Waals surface area (Å²) < 4.78 is 0. The third-order valence-electron chi connectivity index (χ3n) is 3.54. The van der Waals surface area contributed by atoms with E-state index in [9.17, 15) is 9.59 Å². The molecule has 0 unspecified atom stereocenters. The Labute approximate surface area is 101 Å². The van der Waals surface area contributed by atoms with E-state index < -0.39 is 5.54 Å². The molecular weight excluding hydrogens is 220 g/mol. The van der Waals surface area contributed by atoms with Crippen molar-refractivity contribution in [2.75, 3.05) is 26.2 Å². The molecule has 2 rings (SSSR count). The van der Waals surface area contributed by atoms with Gasteiger partial charge in [-0.25, -0.2) is 4.79 Å². The molecule has 4 N–H and O–H groups in total. The van der Waals surface area contributed by atoms with Crippen LogP contribution in [0.5, 0.6) is 0 Å². The normalized spacial score (nSPS) is 23.2. The zero-order chi connectivity index (χ0) is 12.3. The molecule has 2 aliphatic rings. The molecule has 6 nitrogen and oxygen atoms in total. The van der Waals surface area contributed by atoms with Gasteiger partial charge in [-0.3, -0.25) is 9.69 Å². The van der Waals surface area contributed by atoms with E-state index in [-0.39, 0.29) is 11.9 Å². The molecule has 17 heavy (non-hydrogen) atoms. The number of unbranched alkanes of at least 4 members (excludes halogenated alkanes) is 1. The molecule has 0 bridgehead atoms. The SMILES string of the molecule is NCCCCN1C(=O)NC2(CCNCC2)C1=O. The van der Waals surface area contributed by atoms with E-state index in [4.69, 9.17) is 5.73 Å². The lowest BCUT2D eigenvalue weighted by atomic mass is 9.88. The Bertz CT molecular complexity index is 313. The van der Waals surface area contributed by atoms with Crippen LogP contribution in [0, 0.1) is 0 Å². The van der Waals surface area contributed by atoms with Crippen LogP contribution < -0.4 is 16.4 Å². The van der Waals surface area contributed by atoms with Crippen molar-refractivity contribution in [1.29, 1.82) is 0 Å². The molecule has 6 heteroatoms. The number of rotatable bonds is 4. The third-order valence-corrected chi connectivity index (χ3v) is 3.54. The number of imide groups is 1. The Balaban J connectivity index is 2.00. The maximum absolute atomic E-state index is 12.3. The van der Waals surface area contributed by atoms with E-state index in [1.165, 1.54) is 4.90 Å². The zero-order valence-corrected chi connectivity index (χ0v) is 10.00. The van der Waals surface area contributed by atoms with E-state index in [0.29, 0.717) is 25.9 Å². The first-order valence-electron chi connectivity index (χ1n) is 6.24. The monoisotopic (exact) mass is 240 g/mol. The van der Waals surface area contributed by atoms with Crippen LogP contribution >= 0.6 is 0 Å². The van der Waals surface area contributed by atoms with E-state index in [1.807, 2.05) is 0 Å². The highest BCUT2D eigenvalue weighted by molar-refractivity contribution is 6.07. The number of amides is 3. The Morgan fingerprint density at radius 1 is 1.24 bits per heavy atom. The minimum Gasteiger partial charge on any atom is -0.330 e. The topological polar surface area (TPSA) is 87.5 Å². The van der Waals surface area contributed by atoms with Crippen LogP contribution in [0.4, 0.5) is 4.79 Å². The number of nitrogens with two attached hydrogens (primary N) is 1. The van der Waals surface area contributed by atoms with Crippen LogP contribution in [0.15, 0.2) is 0 Å². The molecule has 0 aromatic carbocycles. The summed E-state index contributed by atoms with van der Waals surface area (Å²) in [4.78, 5) is 25.4. The fourth-order valence-electron chi connectivity index (χ4n) is 2.49. The highest BCUT2D eigenvalue weighted by Gasteiger charge is 2.50. The van der Waals surface area contributed by atoms with Crippen molar-refractivity contribution in [3.05, 3.63) is 0 Å². The molecule has 0 aliphatic carbocycles. The van der Waals surface area contributed by atoms with Gasteiger partial charge >= 0.3 is 6.03 Å². The van der Waals surface area contributed by atoms with Gasteiger partial charge in [0.1, 0.15) is 5.54 Å². The van der Waals surface area contributed by atoms with Crippen LogP contribution in [0.3, 0.4) is 0 Å². The Morgan fingerprint density at radius 3 is 2.59 bits per heavy atom. The van der Waals surface area contributed by atoms with Crippen LogP contribution in [-0.4, -0.2) is 48.6 Å². The van der Waals surface area contributed by atoms with Gasteiger partial charge in [-0.05, 0) is 45.3 Å². The summed E-state index contributed by atoms with van der Waals surface area (Å²) in [6, 6.07) is -0.242. The molecule has 2 aliphatic heterocycles. The van der Waals surface area contributed by atoms with E-state index in [0.717, 1.165) is 25.9 Å². The van der Waals surface area contributed by atoms with Gasteiger partial charge in [0.15, 0.2) is 0 Å². The van der Waals surface area contributed by atoms with Crippen molar-refractivity contribution in [2.45, 2.75) is 31.2 Å². The van der Waals surface area contributed by atoms with Gasteiger partial charge in [0.05, 0.1) is 0 Å². The van der Waals surface area contributed by atoms with Crippen molar-refractivity contribution >= 4 is 11.9 Å². The van der Waals surface area contributed by atoms with Gasteiger partial charge in [-0.2, -0.15) is 0 Å². The van der Waals surface area contributed by atoms with E-state index in [2.05, 4.69) is 10.6 Å². The lowest BCUT2D eigenvalue weighted by molar-refractivity contribution is -0.132. The summed E-state index contributed by atoms with van der Waals surface area (Å²) in [6.45, 7) is 2.64. The second kappa shape index (κ2) is 5.01. The minimum atomic E-state index is -0.634. The lowest BCUT2D eigenvalue weighted by Gasteiger charge is -2.31. The maximum atomic E-state index is 12.3. The van der Waals surface area contributed by atoms with Crippen molar-refractivity contribution in [2.24, 2.45) is 5.73 Å². The van der Waals surface area contributed by atoms with Gasteiger partial charge in [-0.1, -0.05) is 0 Å². The molecule has 1 spiro atoms. The number of nitrogens with zero attached hydrogens (tertiary/aromatic N) is 1. The summed E-state index contributed by atoms with van der Waals surface area (Å²) >= 11 is 0. The molecule has 2 heterocycles. The second-order valence-electron chi connectivity index (χ2n) is 4.71. The van der Waals surface area contributed by atoms with Gasteiger partial charge in [0, 0.05) is 6.54 Å². The fraction of sp³-hybridized carbons (Fsp3) is 0.818. The summed E-state index contributed by atoms with van der Waals surface area (Å²) in [7, 11) is 0. The zero-order valence-electron chi connectivity index (χ0n) is 10.00. The first kappa shape index (κ1) is 12.3. The summed E-state index contributed by atoms with van der Waals surface area (Å²) in [5.41, 5.74) is 4.77. The van der Waals surface area contributed by atoms with Crippen molar-refractivity contribution in [3.63, 3.8) is 0 Å².